The van der Waals surface area contributed by atoms with Crippen LogP contribution in [0, 0.1) is 15.9 Å². The van der Waals surface area contributed by atoms with E-state index in [0.29, 0.717) is 6.61 Å². The van der Waals surface area contributed by atoms with E-state index in [0.717, 1.165) is 12.1 Å². The first-order valence-electron chi connectivity index (χ1n) is 4.85. The number of rotatable bonds is 3. The maximum Gasteiger partial charge on any atom is 0.307 e. The Balaban J connectivity index is 2.59. The standard InChI is InChI=1S/C10H8FN3O3/c1-2-17-10-5-12-7-3-6(11)9(14(15)16)4-8(7)13-10/h3-5H,2H2,1H3. The number of hydrogen-bond donors (Lipinski definition) is 0. The predicted molar refractivity (Wildman–Crippen MR) is 57.3 cm³/mol. The van der Waals surface area contributed by atoms with Crippen LogP contribution in [0.2, 0.25) is 0 Å². The maximum atomic E-state index is 13.3. The first kappa shape index (κ1) is 11.2. The Kier molecular flexibility index (Phi) is 2.82. The average Bonchev–Trinajstić information content (AvgIpc) is 2.28. The minimum Gasteiger partial charge on any atom is -0.477 e. The summed E-state index contributed by atoms with van der Waals surface area (Å²) in [6.07, 6.45) is 1.34. The molecule has 1 aromatic heterocycles. The number of halogens is 1. The number of hydrogen-bond acceptors (Lipinski definition) is 5. The molecule has 0 aliphatic heterocycles. The summed E-state index contributed by atoms with van der Waals surface area (Å²) in [5, 5.41) is 10.6. The molecule has 0 fully saturated rings. The molecule has 1 aromatic carbocycles. The Bertz CT molecular complexity index is 588. The van der Waals surface area contributed by atoms with Crippen LogP contribution in [0.15, 0.2) is 18.3 Å². The van der Waals surface area contributed by atoms with Gasteiger partial charge in [0.2, 0.25) is 11.7 Å². The molecule has 0 spiro atoms. The quantitative estimate of drug-likeness (QED) is 0.603. The normalized spacial score (nSPS) is 10.5. The van der Waals surface area contributed by atoms with Gasteiger partial charge in [-0.2, -0.15) is 4.39 Å². The molecule has 0 N–H and O–H groups in total. The maximum absolute atomic E-state index is 13.3. The number of ether oxygens (including phenoxy) is 1. The summed E-state index contributed by atoms with van der Waals surface area (Å²) in [4.78, 5) is 17.7. The van der Waals surface area contributed by atoms with Gasteiger partial charge in [-0.1, -0.05) is 0 Å². The third kappa shape index (κ3) is 2.12. The highest BCUT2D eigenvalue weighted by atomic mass is 19.1. The molecule has 0 radical (unpaired) electrons. The fraction of sp³-hybridized carbons (Fsp3) is 0.200. The van der Waals surface area contributed by atoms with E-state index < -0.39 is 16.4 Å². The van der Waals surface area contributed by atoms with Gasteiger partial charge in [0, 0.05) is 12.1 Å². The second-order valence-corrected chi connectivity index (χ2v) is 3.19. The molecule has 2 rings (SSSR count). The molecule has 17 heavy (non-hydrogen) atoms. The summed E-state index contributed by atoms with van der Waals surface area (Å²) >= 11 is 0. The smallest absolute Gasteiger partial charge is 0.307 e. The number of benzene rings is 1. The lowest BCUT2D eigenvalue weighted by Gasteiger charge is -2.03. The van der Waals surface area contributed by atoms with Gasteiger partial charge in [0.25, 0.3) is 0 Å². The lowest BCUT2D eigenvalue weighted by atomic mass is 10.2. The van der Waals surface area contributed by atoms with E-state index in [1.54, 1.807) is 6.92 Å². The van der Waals surface area contributed by atoms with Crippen molar-refractivity contribution < 1.29 is 14.1 Å². The van der Waals surface area contributed by atoms with Crippen LogP contribution in [-0.4, -0.2) is 21.5 Å². The molecule has 6 nitrogen and oxygen atoms in total. The Morgan fingerprint density at radius 2 is 2.24 bits per heavy atom. The summed E-state index contributed by atoms with van der Waals surface area (Å²) < 4.78 is 18.4. The van der Waals surface area contributed by atoms with Crippen LogP contribution in [0.5, 0.6) is 5.88 Å². The summed E-state index contributed by atoms with van der Waals surface area (Å²) in [6, 6.07) is 2.02. The predicted octanol–water partition coefficient (Wildman–Crippen LogP) is 2.08. The third-order valence-electron chi connectivity index (χ3n) is 2.08. The monoisotopic (exact) mass is 237 g/mol. The van der Waals surface area contributed by atoms with Gasteiger partial charge < -0.3 is 4.74 Å². The second kappa shape index (κ2) is 4.28. The molecule has 1 heterocycles. The summed E-state index contributed by atoms with van der Waals surface area (Å²) in [5.74, 6) is -0.679. The van der Waals surface area contributed by atoms with E-state index in [2.05, 4.69) is 9.97 Å². The first-order valence-corrected chi connectivity index (χ1v) is 4.85. The van der Waals surface area contributed by atoms with Crippen molar-refractivity contribution in [3.63, 3.8) is 0 Å². The molecule has 0 saturated carbocycles. The van der Waals surface area contributed by atoms with Crippen LogP contribution in [0.25, 0.3) is 11.0 Å². The van der Waals surface area contributed by atoms with Crippen LogP contribution in [-0.2, 0) is 0 Å². The van der Waals surface area contributed by atoms with Crippen molar-refractivity contribution >= 4 is 16.7 Å². The molecule has 2 aromatic rings. The van der Waals surface area contributed by atoms with Gasteiger partial charge in [-0.3, -0.25) is 10.1 Å². The lowest BCUT2D eigenvalue weighted by Crippen LogP contribution is -1.98. The van der Waals surface area contributed by atoms with Gasteiger partial charge in [0.05, 0.1) is 28.8 Å². The zero-order valence-electron chi connectivity index (χ0n) is 8.88. The molecule has 0 saturated heterocycles. The van der Waals surface area contributed by atoms with Crippen molar-refractivity contribution in [1.29, 1.82) is 0 Å². The number of nitro benzene ring substituents is 1. The van der Waals surface area contributed by atoms with E-state index in [9.17, 15) is 14.5 Å². The number of nitro groups is 1. The van der Waals surface area contributed by atoms with Crippen LogP contribution in [0.4, 0.5) is 10.1 Å². The minimum atomic E-state index is -0.930. The fourth-order valence-corrected chi connectivity index (χ4v) is 1.36. The van der Waals surface area contributed by atoms with Crippen molar-refractivity contribution in [3.05, 3.63) is 34.3 Å². The molecule has 0 unspecified atom stereocenters. The molecule has 0 aliphatic rings. The van der Waals surface area contributed by atoms with Crippen molar-refractivity contribution in [3.8, 4) is 5.88 Å². The summed E-state index contributed by atoms with van der Waals surface area (Å²) in [7, 11) is 0. The molecular formula is C10H8FN3O3. The minimum absolute atomic E-state index is 0.226. The number of aromatic nitrogens is 2. The topological polar surface area (TPSA) is 78.2 Å². The molecule has 88 valence electrons. The second-order valence-electron chi connectivity index (χ2n) is 3.19. The van der Waals surface area contributed by atoms with Crippen molar-refractivity contribution in [1.82, 2.24) is 9.97 Å². The van der Waals surface area contributed by atoms with Crippen LogP contribution < -0.4 is 4.74 Å². The van der Waals surface area contributed by atoms with Crippen molar-refractivity contribution in [2.75, 3.05) is 6.61 Å². The Morgan fingerprint density at radius 1 is 1.47 bits per heavy atom. The van der Waals surface area contributed by atoms with Gasteiger partial charge in [-0.15, -0.1) is 0 Å². The highest BCUT2D eigenvalue weighted by Gasteiger charge is 2.16. The molecule has 7 heteroatoms. The van der Waals surface area contributed by atoms with E-state index in [1.165, 1.54) is 6.20 Å². The largest absolute Gasteiger partial charge is 0.477 e. The first-order chi connectivity index (χ1) is 8.11. The molecular weight excluding hydrogens is 229 g/mol. The molecule has 0 aliphatic carbocycles. The highest BCUT2D eigenvalue weighted by Crippen LogP contribution is 2.23. The van der Waals surface area contributed by atoms with Crippen LogP contribution in [0.1, 0.15) is 6.92 Å². The average molecular weight is 237 g/mol. The van der Waals surface area contributed by atoms with Gasteiger partial charge in [-0.05, 0) is 6.92 Å². The lowest BCUT2D eigenvalue weighted by molar-refractivity contribution is -0.387. The summed E-state index contributed by atoms with van der Waals surface area (Å²) in [6.45, 7) is 2.18. The zero-order chi connectivity index (χ0) is 12.4. The van der Waals surface area contributed by atoms with Crippen LogP contribution in [0.3, 0.4) is 0 Å². The van der Waals surface area contributed by atoms with Gasteiger partial charge in [0.1, 0.15) is 0 Å². The Morgan fingerprint density at radius 3 is 2.88 bits per heavy atom. The van der Waals surface area contributed by atoms with Gasteiger partial charge >= 0.3 is 5.69 Å². The Hall–Kier alpha value is -2.31. The third-order valence-corrected chi connectivity index (χ3v) is 2.08. The SMILES string of the molecule is CCOc1cnc2cc(F)c([N+](=O)[O-])cc2n1. The molecule has 0 atom stereocenters. The van der Waals surface area contributed by atoms with Crippen LogP contribution >= 0.6 is 0 Å². The fourth-order valence-electron chi connectivity index (χ4n) is 1.36. The highest BCUT2D eigenvalue weighted by molar-refractivity contribution is 5.77. The van der Waals surface area contributed by atoms with E-state index in [4.69, 9.17) is 4.74 Å². The molecule has 0 amide bonds. The summed E-state index contributed by atoms with van der Waals surface area (Å²) in [5.41, 5.74) is -0.152. The number of fused-ring (bicyclic) bond motifs is 1. The van der Waals surface area contributed by atoms with Gasteiger partial charge in [0.15, 0.2) is 0 Å². The van der Waals surface area contributed by atoms with Gasteiger partial charge in [-0.25, -0.2) is 9.97 Å². The molecule has 0 bridgehead atoms. The Labute approximate surface area is 95.2 Å². The van der Waals surface area contributed by atoms with Crippen molar-refractivity contribution in [2.45, 2.75) is 6.92 Å². The van der Waals surface area contributed by atoms with Crippen molar-refractivity contribution in [2.24, 2.45) is 0 Å². The number of nitrogens with zero attached hydrogens (tertiary/aromatic N) is 3. The zero-order valence-corrected chi connectivity index (χ0v) is 8.88. The van der Waals surface area contributed by atoms with E-state index >= 15 is 0 Å². The van der Waals surface area contributed by atoms with E-state index in [1.807, 2.05) is 0 Å². The van der Waals surface area contributed by atoms with E-state index in [-0.39, 0.29) is 16.9 Å².